The topological polar surface area (TPSA) is 42.4 Å². The maximum Gasteiger partial charge on any atom is 0.416 e. The molecule has 0 unspecified atom stereocenters. The molecule has 2 aromatic rings. The summed E-state index contributed by atoms with van der Waals surface area (Å²) in [5.74, 6) is 0.360. The zero-order chi connectivity index (χ0) is 18.6. The van der Waals surface area contributed by atoms with Gasteiger partial charge >= 0.3 is 6.09 Å². The number of rotatable bonds is 4. The van der Waals surface area contributed by atoms with E-state index in [2.05, 4.69) is 4.98 Å². The van der Waals surface area contributed by atoms with Crippen molar-refractivity contribution in [1.82, 2.24) is 4.98 Å². The van der Waals surface area contributed by atoms with Crippen LogP contribution in [0.2, 0.25) is 0 Å². The zero-order valence-electron chi connectivity index (χ0n) is 14.8. The number of carbonyl (C=O) groups excluding carboxylic acids is 1. The van der Waals surface area contributed by atoms with E-state index in [0.717, 1.165) is 5.56 Å². The van der Waals surface area contributed by atoms with Gasteiger partial charge in [-0.15, -0.1) is 0 Å². The van der Waals surface area contributed by atoms with E-state index in [1.54, 1.807) is 57.3 Å². The Morgan fingerprint density at radius 1 is 1.24 bits per heavy atom. The molecule has 2 rings (SSSR count). The van der Waals surface area contributed by atoms with Crippen molar-refractivity contribution in [3.8, 4) is 0 Å². The van der Waals surface area contributed by atoms with Crippen LogP contribution in [0, 0.1) is 6.92 Å². The molecule has 1 aromatic heterocycles. The Bertz CT molecular complexity index is 742. The number of carbonyl (C=O) groups is 1. The summed E-state index contributed by atoms with van der Waals surface area (Å²) in [5.41, 5.74) is 0.442. The molecule has 0 saturated carbocycles. The number of pyridine rings is 1. The lowest BCUT2D eigenvalue weighted by molar-refractivity contribution is 0.0575. The molecular weight excluding hydrogens is 326 g/mol. The van der Waals surface area contributed by atoms with E-state index in [0.29, 0.717) is 11.4 Å². The van der Waals surface area contributed by atoms with Crippen molar-refractivity contribution >= 4 is 11.9 Å². The van der Waals surface area contributed by atoms with Gasteiger partial charge in [0.2, 0.25) is 0 Å². The van der Waals surface area contributed by atoms with Crippen LogP contribution in [0.1, 0.15) is 43.9 Å². The van der Waals surface area contributed by atoms with E-state index in [1.165, 1.54) is 11.0 Å². The lowest BCUT2D eigenvalue weighted by Gasteiger charge is -2.27. The van der Waals surface area contributed by atoms with Gasteiger partial charge in [0.25, 0.3) is 6.43 Å². The first-order chi connectivity index (χ1) is 11.7. The minimum Gasteiger partial charge on any atom is -0.443 e. The average Bonchev–Trinajstić information content (AvgIpc) is 2.51. The first-order valence-electron chi connectivity index (χ1n) is 7.96. The highest BCUT2D eigenvalue weighted by molar-refractivity contribution is 5.86. The highest BCUT2D eigenvalue weighted by atomic mass is 19.3. The van der Waals surface area contributed by atoms with E-state index in [9.17, 15) is 13.6 Å². The number of benzene rings is 1. The molecule has 0 bridgehead atoms. The van der Waals surface area contributed by atoms with E-state index < -0.39 is 18.1 Å². The van der Waals surface area contributed by atoms with Crippen molar-refractivity contribution in [2.45, 2.75) is 46.3 Å². The van der Waals surface area contributed by atoms with Crippen molar-refractivity contribution in [3.63, 3.8) is 0 Å². The molecule has 6 heteroatoms. The summed E-state index contributed by atoms with van der Waals surface area (Å²) in [6.45, 7) is 7.07. The van der Waals surface area contributed by atoms with Gasteiger partial charge in [0.15, 0.2) is 0 Å². The third kappa shape index (κ3) is 5.24. The van der Waals surface area contributed by atoms with Crippen molar-refractivity contribution in [3.05, 3.63) is 59.3 Å². The van der Waals surface area contributed by atoms with Crippen molar-refractivity contribution in [1.29, 1.82) is 0 Å². The normalized spacial score (nSPS) is 11.5. The maximum absolute atomic E-state index is 13.3. The number of anilines is 1. The van der Waals surface area contributed by atoms with Crippen molar-refractivity contribution in [2.24, 2.45) is 0 Å². The molecule has 0 N–H and O–H groups in total. The Morgan fingerprint density at radius 2 is 1.92 bits per heavy atom. The largest absolute Gasteiger partial charge is 0.443 e. The minimum atomic E-state index is -2.62. The van der Waals surface area contributed by atoms with Crippen LogP contribution in [-0.4, -0.2) is 16.7 Å². The molecule has 0 atom stereocenters. The van der Waals surface area contributed by atoms with Crippen LogP contribution in [0.3, 0.4) is 0 Å². The molecule has 0 aliphatic carbocycles. The molecule has 0 saturated heterocycles. The highest BCUT2D eigenvalue weighted by Crippen LogP contribution is 2.26. The number of hydrogen-bond donors (Lipinski definition) is 0. The number of hydrogen-bond acceptors (Lipinski definition) is 3. The van der Waals surface area contributed by atoms with Crippen LogP contribution >= 0.6 is 0 Å². The third-order valence-corrected chi connectivity index (χ3v) is 3.41. The SMILES string of the molecule is Cc1ccnc(N(Cc2ccccc2C(F)F)C(=O)OC(C)(C)C)c1. The van der Waals surface area contributed by atoms with Crippen molar-refractivity contribution in [2.75, 3.05) is 4.90 Å². The van der Waals surface area contributed by atoms with Gasteiger partial charge < -0.3 is 4.74 Å². The second-order valence-electron chi connectivity index (χ2n) is 6.76. The molecule has 1 aromatic carbocycles. The predicted octanol–water partition coefficient (Wildman–Crippen LogP) is 5.27. The number of halogens is 2. The molecule has 0 fully saturated rings. The number of aromatic nitrogens is 1. The van der Waals surface area contributed by atoms with E-state index in [-0.39, 0.29) is 12.1 Å². The molecule has 25 heavy (non-hydrogen) atoms. The van der Waals surface area contributed by atoms with Gasteiger partial charge in [-0.3, -0.25) is 4.90 Å². The number of ether oxygens (including phenoxy) is 1. The quantitative estimate of drug-likeness (QED) is 0.756. The van der Waals surface area contributed by atoms with Gasteiger partial charge in [-0.2, -0.15) is 0 Å². The summed E-state index contributed by atoms with van der Waals surface area (Å²) in [6, 6.07) is 9.66. The van der Waals surface area contributed by atoms with Gasteiger partial charge in [0, 0.05) is 11.8 Å². The number of alkyl halides is 2. The average molecular weight is 348 g/mol. The fourth-order valence-electron chi connectivity index (χ4n) is 2.29. The van der Waals surface area contributed by atoms with Crippen molar-refractivity contribution < 1.29 is 18.3 Å². The summed E-state index contributed by atoms with van der Waals surface area (Å²) in [6.07, 6.45) is -1.68. The second-order valence-corrected chi connectivity index (χ2v) is 6.76. The van der Waals surface area contributed by atoms with Gasteiger partial charge in [-0.1, -0.05) is 24.3 Å². The van der Waals surface area contributed by atoms with Crippen LogP contribution in [0.5, 0.6) is 0 Å². The van der Waals surface area contributed by atoms with E-state index in [4.69, 9.17) is 4.74 Å². The van der Waals surface area contributed by atoms with Crippen LogP contribution < -0.4 is 4.90 Å². The third-order valence-electron chi connectivity index (χ3n) is 3.41. The summed E-state index contributed by atoms with van der Waals surface area (Å²) in [7, 11) is 0. The van der Waals surface area contributed by atoms with Gasteiger partial charge in [-0.25, -0.2) is 18.6 Å². The zero-order valence-corrected chi connectivity index (χ0v) is 14.8. The predicted molar refractivity (Wildman–Crippen MR) is 92.8 cm³/mol. The monoisotopic (exact) mass is 348 g/mol. The van der Waals surface area contributed by atoms with Gasteiger partial charge in [-0.05, 0) is 51.0 Å². The summed E-state index contributed by atoms with van der Waals surface area (Å²) in [4.78, 5) is 18.1. The Labute approximate surface area is 146 Å². The molecule has 1 amide bonds. The number of aryl methyl sites for hydroxylation is 1. The second kappa shape index (κ2) is 7.59. The molecule has 4 nitrogen and oxygen atoms in total. The summed E-state index contributed by atoms with van der Waals surface area (Å²) in [5, 5.41) is 0. The number of nitrogens with zero attached hydrogens (tertiary/aromatic N) is 2. The Hall–Kier alpha value is -2.50. The lowest BCUT2D eigenvalue weighted by Crippen LogP contribution is -2.37. The molecule has 0 radical (unpaired) electrons. The van der Waals surface area contributed by atoms with E-state index >= 15 is 0 Å². The van der Waals surface area contributed by atoms with Gasteiger partial charge in [0.05, 0.1) is 6.54 Å². The van der Waals surface area contributed by atoms with Crippen LogP contribution in [-0.2, 0) is 11.3 Å². The van der Waals surface area contributed by atoms with Crippen LogP contribution in [0.15, 0.2) is 42.6 Å². The fourth-order valence-corrected chi connectivity index (χ4v) is 2.29. The smallest absolute Gasteiger partial charge is 0.416 e. The fraction of sp³-hybridized carbons (Fsp3) is 0.368. The van der Waals surface area contributed by atoms with Crippen LogP contribution in [0.4, 0.5) is 19.4 Å². The molecule has 0 aliphatic heterocycles. The Morgan fingerprint density at radius 3 is 2.52 bits per heavy atom. The standard InChI is InChI=1S/C19H22F2N2O2/c1-13-9-10-22-16(11-13)23(18(24)25-19(2,3)4)12-14-7-5-6-8-15(14)17(20)21/h5-11,17H,12H2,1-4H3. The van der Waals surface area contributed by atoms with Crippen LogP contribution in [0.25, 0.3) is 0 Å². The first-order valence-corrected chi connectivity index (χ1v) is 7.96. The molecule has 0 spiro atoms. The minimum absolute atomic E-state index is 0.0497. The first kappa shape index (κ1) is 18.8. The number of amides is 1. The summed E-state index contributed by atoms with van der Waals surface area (Å²) >= 11 is 0. The molecule has 0 aliphatic rings. The van der Waals surface area contributed by atoms with Gasteiger partial charge in [0.1, 0.15) is 11.4 Å². The molecule has 1 heterocycles. The Balaban J connectivity index is 2.40. The molecule has 134 valence electrons. The Kier molecular flexibility index (Phi) is 5.72. The summed E-state index contributed by atoms with van der Waals surface area (Å²) < 4.78 is 32.0. The lowest BCUT2D eigenvalue weighted by atomic mass is 10.1. The maximum atomic E-state index is 13.3. The van der Waals surface area contributed by atoms with E-state index in [1.807, 2.05) is 6.92 Å². The highest BCUT2D eigenvalue weighted by Gasteiger charge is 2.26. The molecular formula is C19H22F2N2O2.